The van der Waals surface area contributed by atoms with Crippen LogP contribution in [0.2, 0.25) is 0 Å². The molecule has 0 radical (unpaired) electrons. The van der Waals surface area contributed by atoms with Crippen LogP contribution in [0.5, 0.6) is 0 Å². The minimum absolute atomic E-state index is 0.0851. The molecule has 1 fully saturated rings. The van der Waals surface area contributed by atoms with E-state index in [0.29, 0.717) is 4.47 Å². The Morgan fingerprint density at radius 2 is 2.19 bits per heavy atom. The molecule has 2 rings (SSSR count). The van der Waals surface area contributed by atoms with Crippen molar-refractivity contribution in [1.29, 1.82) is 0 Å². The minimum Gasteiger partial charge on any atom is -0.368 e. The number of nitrogens with zero attached hydrogens (tertiary/aromatic N) is 1. The fraction of sp³-hybridized carbons (Fsp3) is 0.500. The molecule has 1 aliphatic rings. The Bertz CT molecular complexity index is 393. The van der Waals surface area contributed by atoms with Crippen LogP contribution in [0, 0.1) is 5.82 Å². The largest absolute Gasteiger partial charge is 0.368 e. The number of hydrogen-bond donors (Lipinski definition) is 1. The van der Waals surface area contributed by atoms with E-state index in [9.17, 15) is 4.39 Å². The Morgan fingerprint density at radius 3 is 2.81 bits per heavy atom. The second kappa shape index (κ2) is 4.34. The summed E-state index contributed by atoms with van der Waals surface area (Å²) in [6, 6.07) is 5.31. The van der Waals surface area contributed by atoms with Gasteiger partial charge < -0.3 is 10.2 Å². The first-order valence-corrected chi connectivity index (χ1v) is 6.22. The van der Waals surface area contributed by atoms with Crippen molar-refractivity contribution in [2.45, 2.75) is 19.4 Å². The quantitative estimate of drug-likeness (QED) is 0.854. The van der Waals surface area contributed by atoms with Crippen LogP contribution >= 0.6 is 15.9 Å². The molecule has 1 aromatic rings. The highest BCUT2D eigenvalue weighted by atomic mass is 79.9. The van der Waals surface area contributed by atoms with E-state index in [1.165, 1.54) is 0 Å². The molecule has 0 amide bonds. The normalized spacial score (nSPS) is 19.9. The highest BCUT2D eigenvalue weighted by Gasteiger charge is 2.25. The van der Waals surface area contributed by atoms with Crippen molar-refractivity contribution in [3.63, 3.8) is 0 Å². The monoisotopic (exact) mass is 286 g/mol. The molecule has 1 aromatic carbocycles. The fourth-order valence-electron chi connectivity index (χ4n) is 2.04. The fourth-order valence-corrected chi connectivity index (χ4v) is 2.29. The van der Waals surface area contributed by atoms with Gasteiger partial charge in [0.1, 0.15) is 5.82 Å². The first-order valence-electron chi connectivity index (χ1n) is 5.43. The topological polar surface area (TPSA) is 15.3 Å². The Hall–Kier alpha value is -0.610. The highest BCUT2D eigenvalue weighted by Crippen LogP contribution is 2.24. The SMILES string of the molecule is CC1(C)CN(c2ccc(Br)c(F)c2)CCN1. The number of piperazine rings is 1. The van der Waals surface area contributed by atoms with Gasteiger partial charge in [-0.25, -0.2) is 4.39 Å². The third kappa shape index (κ3) is 2.55. The molecule has 1 aliphatic heterocycles. The van der Waals surface area contributed by atoms with E-state index in [0.717, 1.165) is 25.3 Å². The number of nitrogens with one attached hydrogen (secondary N) is 1. The predicted octanol–water partition coefficient (Wildman–Crippen LogP) is 2.78. The molecule has 0 aliphatic carbocycles. The van der Waals surface area contributed by atoms with E-state index in [1.54, 1.807) is 12.1 Å². The second-order valence-corrected chi connectivity index (χ2v) is 5.68. The molecule has 0 unspecified atom stereocenters. The summed E-state index contributed by atoms with van der Waals surface area (Å²) in [5.74, 6) is -0.200. The van der Waals surface area contributed by atoms with Crippen molar-refractivity contribution in [2.24, 2.45) is 0 Å². The average molecular weight is 287 g/mol. The summed E-state index contributed by atoms with van der Waals surface area (Å²) in [7, 11) is 0. The molecule has 0 aromatic heterocycles. The first kappa shape index (κ1) is 11.9. The maximum Gasteiger partial charge on any atom is 0.139 e. The Balaban J connectivity index is 2.20. The summed E-state index contributed by atoms with van der Waals surface area (Å²) in [5.41, 5.74) is 1.04. The average Bonchev–Trinajstić information content (AvgIpc) is 2.20. The van der Waals surface area contributed by atoms with Crippen LogP contribution in [0.3, 0.4) is 0 Å². The van der Waals surface area contributed by atoms with Crippen molar-refractivity contribution in [3.05, 3.63) is 28.5 Å². The zero-order valence-corrected chi connectivity index (χ0v) is 11.1. The number of rotatable bonds is 1. The summed E-state index contributed by atoms with van der Waals surface area (Å²) in [6.07, 6.45) is 0. The smallest absolute Gasteiger partial charge is 0.139 e. The molecule has 88 valence electrons. The maximum absolute atomic E-state index is 13.4. The number of benzene rings is 1. The molecular weight excluding hydrogens is 271 g/mol. The van der Waals surface area contributed by atoms with E-state index in [2.05, 4.69) is 40.0 Å². The lowest BCUT2D eigenvalue weighted by atomic mass is 10.0. The molecule has 1 N–H and O–H groups in total. The van der Waals surface area contributed by atoms with E-state index in [-0.39, 0.29) is 11.4 Å². The van der Waals surface area contributed by atoms with E-state index in [1.807, 2.05) is 6.07 Å². The number of hydrogen-bond acceptors (Lipinski definition) is 2. The van der Waals surface area contributed by atoms with E-state index < -0.39 is 0 Å². The molecule has 16 heavy (non-hydrogen) atoms. The van der Waals surface area contributed by atoms with Gasteiger partial charge in [-0.2, -0.15) is 0 Å². The molecule has 0 spiro atoms. The van der Waals surface area contributed by atoms with Crippen molar-refractivity contribution in [1.82, 2.24) is 5.32 Å². The molecular formula is C12H16BrFN2. The van der Waals surface area contributed by atoms with Gasteiger partial charge in [0.05, 0.1) is 4.47 Å². The van der Waals surface area contributed by atoms with E-state index >= 15 is 0 Å². The van der Waals surface area contributed by atoms with Crippen LogP contribution in [0.25, 0.3) is 0 Å². The summed E-state index contributed by atoms with van der Waals surface area (Å²) < 4.78 is 14.0. The van der Waals surface area contributed by atoms with Crippen molar-refractivity contribution < 1.29 is 4.39 Å². The summed E-state index contributed by atoms with van der Waals surface area (Å²) in [5, 5.41) is 3.44. The summed E-state index contributed by atoms with van der Waals surface area (Å²) >= 11 is 3.17. The Labute approximate surface area is 104 Å². The molecule has 4 heteroatoms. The van der Waals surface area contributed by atoms with Gasteiger partial charge in [0.15, 0.2) is 0 Å². The van der Waals surface area contributed by atoms with Crippen LogP contribution in [-0.2, 0) is 0 Å². The predicted molar refractivity (Wildman–Crippen MR) is 68.4 cm³/mol. The maximum atomic E-state index is 13.4. The van der Waals surface area contributed by atoms with Crippen molar-refractivity contribution in [2.75, 3.05) is 24.5 Å². The van der Waals surface area contributed by atoms with Gasteiger partial charge >= 0.3 is 0 Å². The van der Waals surface area contributed by atoms with Crippen molar-refractivity contribution in [3.8, 4) is 0 Å². The lowest BCUT2D eigenvalue weighted by molar-refractivity contribution is 0.353. The number of anilines is 1. The third-order valence-corrected chi connectivity index (χ3v) is 3.48. The van der Waals surface area contributed by atoms with Gasteiger partial charge in [-0.1, -0.05) is 0 Å². The summed E-state index contributed by atoms with van der Waals surface area (Å²) in [6.45, 7) is 7.08. The molecule has 1 saturated heterocycles. The second-order valence-electron chi connectivity index (χ2n) is 4.83. The highest BCUT2D eigenvalue weighted by molar-refractivity contribution is 9.10. The molecule has 0 bridgehead atoms. The molecule has 0 atom stereocenters. The van der Waals surface area contributed by atoms with Gasteiger partial charge in [-0.15, -0.1) is 0 Å². The van der Waals surface area contributed by atoms with Gasteiger partial charge in [0.2, 0.25) is 0 Å². The zero-order chi connectivity index (χ0) is 11.8. The Morgan fingerprint density at radius 1 is 1.44 bits per heavy atom. The first-order chi connectivity index (χ1) is 7.48. The third-order valence-electron chi connectivity index (χ3n) is 2.84. The summed E-state index contributed by atoms with van der Waals surface area (Å²) in [4.78, 5) is 2.21. The van der Waals surface area contributed by atoms with Crippen LogP contribution in [0.4, 0.5) is 10.1 Å². The van der Waals surface area contributed by atoms with Crippen LogP contribution in [-0.4, -0.2) is 25.2 Å². The van der Waals surface area contributed by atoms with Gasteiger partial charge in [-0.3, -0.25) is 0 Å². The van der Waals surface area contributed by atoms with Crippen molar-refractivity contribution >= 4 is 21.6 Å². The standard InChI is InChI=1S/C12H16BrFN2/c1-12(2)8-16(6-5-15-12)9-3-4-10(13)11(14)7-9/h3-4,7,15H,5-6,8H2,1-2H3. The van der Waals surface area contributed by atoms with E-state index in [4.69, 9.17) is 0 Å². The van der Waals surface area contributed by atoms with Gasteiger partial charge in [0, 0.05) is 30.9 Å². The lowest BCUT2D eigenvalue weighted by Crippen LogP contribution is -2.57. The zero-order valence-electron chi connectivity index (χ0n) is 9.56. The Kier molecular flexibility index (Phi) is 3.22. The lowest BCUT2D eigenvalue weighted by Gasteiger charge is -2.40. The molecule has 0 saturated carbocycles. The van der Waals surface area contributed by atoms with Gasteiger partial charge in [0.25, 0.3) is 0 Å². The number of halogens is 2. The van der Waals surface area contributed by atoms with Crippen LogP contribution in [0.15, 0.2) is 22.7 Å². The minimum atomic E-state index is -0.200. The molecule has 2 nitrogen and oxygen atoms in total. The van der Waals surface area contributed by atoms with Gasteiger partial charge in [-0.05, 0) is 48.0 Å². The van der Waals surface area contributed by atoms with Crippen LogP contribution in [0.1, 0.15) is 13.8 Å². The molecule has 1 heterocycles. The van der Waals surface area contributed by atoms with Crippen LogP contribution < -0.4 is 10.2 Å².